The maximum Gasteiger partial charge on any atom is 0.416 e. The summed E-state index contributed by atoms with van der Waals surface area (Å²) in [6.45, 7) is 1.32. The van der Waals surface area contributed by atoms with Gasteiger partial charge in [-0.2, -0.15) is 13.2 Å². The first-order chi connectivity index (χ1) is 16.8. The summed E-state index contributed by atoms with van der Waals surface area (Å²) in [6, 6.07) is 6.53. The van der Waals surface area contributed by atoms with Gasteiger partial charge in [-0.25, -0.2) is 4.98 Å². The number of halogens is 4. The number of carbonyl (C=O) groups excluding carboxylic acids is 1. The first kappa shape index (κ1) is 24.9. The Morgan fingerprint density at radius 2 is 1.86 bits per heavy atom. The van der Waals surface area contributed by atoms with Gasteiger partial charge in [0.1, 0.15) is 18.1 Å². The van der Waals surface area contributed by atoms with Crippen LogP contribution in [0.25, 0.3) is 22.5 Å². The Kier molecular flexibility index (Phi) is 7.51. The SMILES string of the molecule is COCC(=O)NC1CCN(c2cnc(-c3ccc(C(F)(F)F)cc3)c(-c3ccncc3Cl)n2)CC1. The number of carbonyl (C=O) groups is 1. The Labute approximate surface area is 205 Å². The summed E-state index contributed by atoms with van der Waals surface area (Å²) in [5.74, 6) is 0.464. The van der Waals surface area contributed by atoms with Gasteiger partial charge < -0.3 is 15.0 Å². The molecule has 0 unspecified atom stereocenters. The third-order valence-electron chi connectivity index (χ3n) is 5.73. The topological polar surface area (TPSA) is 80.2 Å². The van der Waals surface area contributed by atoms with E-state index in [4.69, 9.17) is 21.3 Å². The minimum atomic E-state index is -4.43. The number of nitrogens with zero attached hydrogens (tertiary/aromatic N) is 4. The summed E-state index contributed by atoms with van der Waals surface area (Å²) in [5, 5.41) is 3.30. The van der Waals surface area contributed by atoms with Crippen molar-refractivity contribution >= 4 is 23.3 Å². The number of aromatic nitrogens is 3. The number of benzene rings is 1. The second-order valence-electron chi connectivity index (χ2n) is 8.12. The van der Waals surface area contributed by atoms with Crippen LogP contribution < -0.4 is 10.2 Å². The number of methoxy groups -OCH3 is 1. The van der Waals surface area contributed by atoms with E-state index in [1.54, 1.807) is 18.5 Å². The van der Waals surface area contributed by atoms with Gasteiger partial charge in [0.05, 0.1) is 22.5 Å². The normalized spacial score (nSPS) is 14.7. The lowest BCUT2D eigenvalue weighted by Gasteiger charge is -2.33. The molecule has 1 aromatic carbocycles. The van der Waals surface area contributed by atoms with Crippen LogP contribution in [0, 0.1) is 0 Å². The lowest BCUT2D eigenvalue weighted by molar-refractivity contribution is -0.137. The van der Waals surface area contributed by atoms with Crippen LogP contribution in [-0.2, 0) is 15.7 Å². The maximum absolute atomic E-state index is 13.0. The Morgan fingerprint density at radius 3 is 2.49 bits per heavy atom. The third-order valence-corrected chi connectivity index (χ3v) is 6.03. The summed E-state index contributed by atoms with van der Waals surface area (Å²) in [4.78, 5) is 27.2. The zero-order chi connectivity index (χ0) is 25.0. The lowest BCUT2D eigenvalue weighted by Crippen LogP contribution is -2.45. The fourth-order valence-corrected chi connectivity index (χ4v) is 4.18. The van der Waals surface area contributed by atoms with E-state index in [1.165, 1.54) is 25.4 Å². The second kappa shape index (κ2) is 10.6. The van der Waals surface area contributed by atoms with Gasteiger partial charge in [0, 0.05) is 49.8 Å². The van der Waals surface area contributed by atoms with E-state index in [1.807, 2.05) is 0 Å². The van der Waals surface area contributed by atoms with Gasteiger partial charge in [-0.15, -0.1) is 0 Å². The zero-order valence-corrected chi connectivity index (χ0v) is 19.6. The number of ether oxygens (including phenoxy) is 1. The molecule has 35 heavy (non-hydrogen) atoms. The molecule has 0 radical (unpaired) electrons. The van der Waals surface area contributed by atoms with Gasteiger partial charge in [-0.3, -0.25) is 14.8 Å². The Bertz CT molecular complexity index is 1180. The highest BCUT2D eigenvalue weighted by Gasteiger charge is 2.30. The fraction of sp³-hybridized carbons (Fsp3) is 0.333. The third kappa shape index (κ3) is 5.88. The summed E-state index contributed by atoms with van der Waals surface area (Å²) in [6.07, 6.45) is 1.68. The van der Waals surface area contributed by atoms with Crippen molar-refractivity contribution in [3.8, 4) is 22.5 Å². The molecule has 7 nitrogen and oxygen atoms in total. The molecule has 1 aliphatic rings. The predicted molar refractivity (Wildman–Crippen MR) is 126 cm³/mol. The molecule has 0 atom stereocenters. The Hall–Kier alpha value is -3.24. The maximum atomic E-state index is 13.0. The molecule has 1 N–H and O–H groups in total. The molecule has 3 heterocycles. The summed E-state index contributed by atoms with van der Waals surface area (Å²) < 4.78 is 43.9. The van der Waals surface area contributed by atoms with Crippen LogP contribution in [0.15, 0.2) is 48.9 Å². The van der Waals surface area contributed by atoms with Crippen LogP contribution in [0.1, 0.15) is 18.4 Å². The number of anilines is 1. The van der Waals surface area contributed by atoms with Gasteiger partial charge >= 0.3 is 6.18 Å². The van der Waals surface area contributed by atoms with Crippen LogP contribution >= 0.6 is 11.6 Å². The van der Waals surface area contributed by atoms with Crippen molar-refractivity contribution in [1.82, 2.24) is 20.3 Å². The lowest BCUT2D eigenvalue weighted by atomic mass is 10.0. The Balaban J connectivity index is 1.63. The van der Waals surface area contributed by atoms with E-state index in [2.05, 4.69) is 20.2 Å². The molecular weight excluding hydrogens is 483 g/mol. The number of hydrogen-bond acceptors (Lipinski definition) is 6. The highest BCUT2D eigenvalue weighted by molar-refractivity contribution is 6.33. The minimum absolute atomic E-state index is 0.0210. The van der Waals surface area contributed by atoms with Crippen LogP contribution in [0.4, 0.5) is 19.0 Å². The highest BCUT2D eigenvalue weighted by atomic mass is 35.5. The van der Waals surface area contributed by atoms with Crippen molar-refractivity contribution in [2.45, 2.75) is 25.1 Å². The molecule has 1 fully saturated rings. The molecule has 0 saturated carbocycles. The van der Waals surface area contributed by atoms with Gasteiger partial charge in [-0.1, -0.05) is 23.7 Å². The van der Waals surface area contributed by atoms with Crippen molar-refractivity contribution in [3.05, 3.63) is 59.5 Å². The molecule has 3 aromatic rings. The zero-order valence-electron chi connectivity index (χ0n) is 18.8. The number of piperidine rings is 1. The van der Waals surface area contributed by atoms with E-state index in [-0.39, 0.29) is 18.6 Å². The number of nitrogens with one attached hydrogen (secondary N) is 1. The Morgan fingerprint density at radius 1 is 1.14 bits per heavy atom. The van der Waals surface area contributed by atoms with Crippen molar-refractivity contribution in [1.29, 1.82) is 0 Å². The number of rotatable bonds is 6. The molecule has 0 bridgehead atoms. The van der Waals surface area contributed by atoms with Crippen LogP contribution in [0.5, 0.6) is 0 Å². The predicted octanol–water partition coefficient (Wildman–Crippen LogP) is 4.61. The minimum Gasteiger partial charge on any atom is -0.375 e. The first-order valence-corrected chi connectivity index (χ1v) is 11.3. The van der Waals surface area contributed by atoms with E-state index >= 15 is 0 Å². The molecule has 1 aliphatic heterocycles. The van der Waals surface area contributed by atoms with Gasteiger partial charge in [0.25, 0.3) is 0 Å². The molecule has 0 spiro atoms. The number of pyridine rings is 1. The van der Waals surface area contributed by atoms with E-state index < -0.39 is 11.7 Å². The molecule has 11 heteroatoms. The van der Waals surface area contributed by atoms with E-state index in [0.717, 1.165) is 25.0 Å². The highest BCUT2D eigenvalue weighted by Crippen LogP contribution is 2.36. The molecule has 2 aromatic heterocycles. The van der Waals surface area contributed by atoms with Crippen molar-refractivity contribution < 1.29 is 22.7 Å². The smallest absolute Gasteiger partial charge is 0.375 e. The largest absolute Gasteiger partial charge is 0.416 e. The summed E-state index contributed by atoms with van der Waals surface area (Å²) in [5.41, 5.74) is 1.18. The van der Waals surface area contributed by atoms with Crippen LogP contribution in [-0.4, -0.2) is 53.7 Å². The molecule has 4 rings (SSSR count). The van der Waals surface area contributed by atoms with Crippen LogP contribution in [0.2, 0.25) is 5.02 Å². The molecular formula is C24H23ClF3N5O2. The molecule has 1 saturated heterocycles. The van der Waals surface area contributed by atoms with Crippen molar-refractivity contribution in [2.75, 3.05) is 31.7 Å². The number of hydrogen-bond donors (Lipinski definition) is 1. The summed E-state index contributed by atoms with van der Waals surface area (Å²) in [7, 11) is 1.47. The monoisotopic (exact) mass is 505 g/mol. The average Bonchev–Trinajstić information content (AvgIpc) is 2.84. The molecule has 184 valence electrons. The molecule has 0 aliphatic carbocycles. The van der Waals surface area contributed by atoms with Crippen molar-refractivity contribution in [3.63, 3.8) is 0 Å². The first-order valence-electron chi connectivity index (χ1n) is 10.9. The second-order valence-corrected chi connectivity index (χ2v) is 8.53. The molecule has 1 amide bonds. The fourth-order valence-electron chi connectivity index (χ4n) is 3.97. The quantitative estimate of drug-likeness (QED) is 0.527. The number of amides is 1. The standard InChI is InChI=1S/C24H23ClF3N5O2/c1-35-14-21(34)31-17-7-10-33(11-8-17)20-13-30-22(15-2-4-16(5-3-15)24(26,27)28)23(32-20)18-6-9-29-12-19(18)25/h2-6,9,12-13,17H,7-8,10-11,14H2,1H3,(H,31,34). The average molecular weight is 506 g/mol. The van der Waals surface area contributed by atoms with Gasteiger partial charge in [-0.05, 0) is 31.0 Å². The van der Waals surface area contributed by atoms with E-state index in [9.17, 15) is 18.0 Å². The van der Waals surface area contributed by atoms with Gasteiger partial charge in [0.15, 0.2) is 0 Å². The van der Waals surface area contributed by atoms with E-state index in [0.29, 0.717) is 46.4 Å². The van der Waals surface area contributed by atoms with Crippen LogP contribution in [0.3, 0.4) is 0 Å². The number of alkyl halides is 3. The van der Waals surface area contributed by atoms with Gasteiger partial charge in [0.2, 0.25) is 5.91 Å². The summed E-state index contributed by atoms with van der Waals surface area (Å²) >= 11 is 6.39. The van der Waals surface area contributed by atoms with Crippen molar-refractivity contribution in [2.24, 2.45) is 0 Å².